The van der Waals surface area contributed by atoms with E-state index >= 15 is 0 Å². The number of hydrogen-bond donors (Lipinski definition) is 3. The van der Waals surface area contributed by atoms with Crippen LogP contribution in [0.15, 0.2) is 71.4 Å². The maximum atomic E-state index is 10.5. The van der Waals surface area contributed by atoms with Crippen LogP contribution in [0.3, 0.4) is 0 Å². The molecule has 2 aromatic carbocycles. The van der Waals surface area contributed by atoms with Gasteiger partial charge in [-0.15, -0.1) is 0 Å². The van der Waals surface area contributed by atoms with Gasteiger partial charge in [-0.3, -0.25) is 14.6 Å². The number of nitrogens with one attached hydrogen (secondary N) is 1. The van der Waals surface area contributed by atoms with Crippen LogP contribution in [0.4, 0.5) is 5.69 Å². The Balaban J connectivity index is 0.000000348. The summed E-state index contributed by atoms with van der Waals surface area (Å²) in [5.41, 5.74) is 12.1. The third kappa shape index (κ3) is 10.7. The lowest BCUT2D eigenvalue weighted by Crippen LogP contribution is -2.25. The van der Waals surface area contributed by atoms with E-state index in [0.717, 1.165) is 24.8 Å². The smallest absolute Gasteiger partial charge is 0.207 e. The number of fused-ring (bicyclic) bond motifs is 1. The molecule has 0 aromatic heterocycles. The van der Waals surface area contributed by atoms with Gasteiger partial charge in [-0.2, -0.15) is 0 Å². The van der Waals surface area contributed by atoms with E-state index in [1.807, 2.05) is 43.3 Å². The highest BCUT2D eigenvalue weighted by molar-refractivity contribution is 5.86. The van der Waals surface area contributed by atoms with Gasteiger partial charge in [0.05, 0.1) is 0 Å². The normalized spacial score (nSPS) is 11.9. The zero-order valence-electron chi connectivity index (χ0n) is 18.5. The van der Waals surface area contributed by atoms with Gasteiger partial charge in [-0.25, -0.2) is 0 Å². The molecule has 1 amide bonds. The molecule has 0 aliphatic heterocycles. The number of amides is 1. The molecule has 0 aliphatic carbocycles. The van der Waals surface area contributed by atoms with Crippen molar-refractivity contribution in [1.82, 2.24) is 5.32 Å². The Hall–Kier alpha value is -3.61. The molecule has 5 N–H and O–H groups in total. The van der Waals surface area contributed by atoms with Gasteiger partial charge in [0, 0.05) is 31.5 Å². The molecule has 1 unspecified atom stereocenters. The molecule has 31 heavy (non-hydrogen) atoms. The van der Waals surface area contributed by atoms with Gasteiger partial charge in [0.25, 0.3) is 0 Å². The fourth-order valence-corrected chi connectivity index (χ4v) is 2.65. The first kappa shape index (κ1) is 25.4. The van der Waals surface area contributed by atoms with Crippen LogP contribution < -0.4 is 21.7 Å². The monoisotopic (exact) mass is 423 g/mol. The molecule has 7 nitrogen and oxygen atoms in total. The third-order valence-electron chi connectivity index (χ3n) is 4.44. The molecule has 0 spiro atoms. The van der Waals surface area contributed by atoms with Crippen LogP contribution >= 0.6 is 0 Å². The van der Waals surface area contributed by atoms with Crippen molar-refractivity contribution in [2.45, 2.75) is 32.7 Å². The molecule has 0 fully saturated rings. The van der Waals surface area contributed by atoms with Crippen LogP contribution in [0, 0.1) is 0 Å². The first-order valence-electron chi connectivity index (χ1n) is 10.1. The Kier molecular flexibility index (Phi) is 11.8. The van der Waals surface area contributed by atoms with E-state index in [1.165, 1.54) is 10.8 Å². The highest BCUT2D eigenvalue weighted by Crippen LogP contribution is 2.21. The number of aldehydes is 1. The van der Waals surface area contributed by atoms with Crippen LogP contribution in [0.1, 0.15) is 26.7 Å². The molecule has 166 valence electrons. The van der Waals surface area contributed by atoms with Crippen molar-refractivity contribution >= 4 is 35.1 Å². The molecule has 0 bridgehead atoms. The summed E-state index contributed by atoms with van der Waals surface area (Å²) >= 11 is 0. The highest BCUT2D eigenvalue weighted by atomic mass is 16.1. The molecular weight excluding hydrogens is 390 g/mol. The van der Waals surface area contributed by atoms with Gasteiger partial charge in [-0.1, -0.05) is 36.4 Å². The number of carbonyl (C=O) groups excluding carboxylic acids is 2. The van der Waals surface area contributed by atoms with E-state index in [9.17, 15) is 9.59 Å². The predicted octanol–water partition coefficient (Wildman–Crippen LogP) is 3.11. The van der Waals surface area contributed by atoms with Crippen LogP contribution in [0.5, 0.6) is 0 Å². The van der Waals surface area contributed by atoms with E-state index in [2.05, 4.69) is 40.6 Å². The number of aliphatic imine (C=N–C) groups is 1. The molecule has 2 rings (SSSR count). The minimum Gasteiger partial charge on any atom is -0.370 e. The molecule has 1 atom stereocenters. The molecule has 7 heteroatoms. The number of guanidine groups is 1. The lowest BCUT2D eigenvalue weighted by Gasteiger charge is -2.14. The lowest BCUT2D eigenvalue weighted by molar-refractivity contribution is -0.110. The van der Waals surface area contributed by atoms with Gasteiger partial charge >= 0.3 is 0 Å². The average Bonchev–Trinajstić information content (AvgIpc) is 2.76. The first-order valence-corrected chi connectivity index (χ1v) is 10.1. The van der Waals surface area contributed by atoms with Gasteiger partial charge in [0.15, 0.2) is 5.96 Å². The second kappa shape index (κ2) is 14.4. The quantitative estimate of drug-likeness (QED) is 0.136. The first-order chi connectivity index (χ1) is 14.9. The summed E-state index contributed by atoms with van der Waals surface area (Å²) in [7, 11) is 1.99. The molecular formula is C24H33N5O2. The van der Waals surface area contributed by atoms with E-state index in [1.54, 1.807) is 13.0 Å². The fraction of sp³-hybridized carbons (Fsp3) is 0.292. The number of benzene rings is 2. The standard InChI is InChI=1S/C17H17NO.C7H16N4O/c1-14(13-19)6-5-11-18(2)17-10-9-15-7-3-4-8-16(15)12-17;1-6(11-5-12)3-2-4-10-7(8)9/h3-13H,1-2H3;5-6H,2-4H2,1H3,(H,11,12)(H4,8,9,10)/b11-5-,14-6-;. The van der Waals surface area contributed by atoms with Crippen LogP contribution in [-0.4, -0.2) is 38.3 Å². The van der Waals surface area contributed by atoms with Crippen molar-refractivity contribution in [3.63, 3.8) is 0 Å². The Labute approximate surface area is 184 Å². The van der Waals surface area contributed by atoms with E-state index in [-0.39, 0.29) is 12.0 Å². The van der Waals surface area contributed by atoms with Gasteiger partial charge < -0.3 is 21.7 Å². The number of nitrogens with zero attached hydrogens (tertiary/aromatic N) is 2. The summed E-state index contributed by atoms with van der Waals surface area (Å²) in [5, 5.41) is 5.10. The summed E-state index contributed by atoms with van der Waals surface area (Å²) in [4.78, 5) is 26.3. The predicted molar refractivity (Wildman–Crippen MR) is 130 cm³/mol. The molecule has 2 aromatic rings. The molecule has 0 aliphatic rings. The van der Waals surface area contributed by atoms with Crippen molar-refractivity contribution in [3.8, 4) is 0 Å². The second-order valence-electron chi connectivity index (χ2n) is 7.15. The average molecular weight is 424 g/mol. The number of nitrogens with two attached hydrogens (primary N) is 2. The summed E-state index contributed by atoms with van der Waals surface area (Å²) in [5.74, 6) is 0.117. The number of carbonyl (C=O) groups is 2. The number of allylic oxidation sites excluding steroid dienone is 3. The second-order valence-corrected chi connectivity index (χ2v) is 7.15. The topological polar surface area (TPSA) is 114 Å². The largest absolute Gasteiger partial charge is 0.370 e. The van der Waals surface area contributed by atoms with Crippen LogP contribution in [0.2, 0.25) is 0 Å². The minimum absolute atomic E-state index is 0.117. The Morgan fingerprint density at radius 3 is 2.52 bits per heavy atom. The maximum Gasteiger partial charge on any atom is 0.207 e. The Bertz CT molecular complexity index is 917. The SMILES string of the molecule is C/C(C=O)=C/C=C\N(C)c1ccc2ccccc2c1.CC(CCCN=C(N)N)NC=O. The fourth-order valence-electron chi connectivity index (χ4n) is 2.65. The summed E-state index contributed by atoms with van der Waals surface area (Å²) < 4.78 is 0. The zero-order chi connectivity index (χ0) is 23.1. The number of hydrogen-bond acceptors (Lipinski definition) is 4. The van der Waals surface area contributed by atoms with Gasteiger partial charge in [-0.05, 0) is 61.2 Å². The van der Waals surface area contributed by atoms with Crippen molar-refractivity contribution < 1.29 is 9.59 Å². The molecule has 0 radical (unpaired) electrons. The Morgan fingerprint density at radius 1 is 1.16 bits per heavy atom. The van der Waals surface area contributed by atoms with Crippen molar-refractivity contribution in [2.24, 2.45) is 16.5 Å². The van der Waals surface area contributed by atoms with E-state index in [0.29, 0.717) is 18.5 Å². The maximum absolute atomic E-state index is 10.5. The van der Waals surface area contributed by atoms with E-state index in [4.69, 9.17) is 11.5 Å². The minimum atomic E-state index is 0.117. The van der Waals surface area contributed by atoms with Crippen molar-refractivity contribution in [2.75, 3.05) is 18.5 Å². The van der Waals surface area contributed by atoms with Crippen molar-refractivity contribution in [1.29, 1.82) is 0 Å². The highest BCUT2D eigenvalue weighted by Gasteiger charge is 1.99. The van der Waals surface area contributed by atoms with Gasteiger partial charge in [0.2, 0.25) is 6.41 Å². The van der Waals surface area contributed by atoms with Crippen LogP contribution in [-0.2, 0) is 9.59 Å². The third-order valence-corrected chi connectivity index (χ3v) is 4.44. The Morgan fingerprint density at radius 2 is 1.87 bits per heavy atom. The number of rotatable bonds is 10. The molecule has 0 heterocycles. The zero-order valence-corrected chi connectivity index (χ0v) is 18.5. The summed E-state index contributed by atoms with van der Waals surface area (Å²) in [6.45, 7) is 4.34. The molecule has 0 saturated carbocycles. The van der Waals surface area contributed by atoms with Gasteiger partial charge in [0.1, 0.15) is 6.29 Å². The summed E-state index contributed by atoms with van der Waals surface area (Å²) in [6.07, 6.45) is 8.92. The number of anilines is 1. The lowest BCUT2D eigenvalue weighted by atomic mass is 10.1. The van der Waals surface area contributed by atoms with E-state index < -0.39 is 0 Å². The van der Waals surface area contributed by atoms with Crippen LogP contribution in [0.25, 0.3) is 10.8 Å². The summed E-state index contributed by atoms with van der Waals surface area (Å²) in [6, 6.07) is 14.8. The van der Waals surface area contributed by atoms with Crippen molar-refractivity contribution in [3.05, 3.63) is 66.4 Å². The molecule has 0 saturated heterocycles.